The predicted molar refractivity (Wildman–Crippen MR) is 113 cm³/mol. The van der Waals surface area contributed by atoms with E-state index in [-0.39, 0.29) is 18.3 Å². The Hall–Kier alpha value is -3.22. The second kappa shape index (κ2) is 8.13. The molecule has 0 radical (unpaired) electrons. The molecule has 164 valence electrons. The van der Waals surface area contributed by atoms with Crippen LogP contribution in [0.1, 0.15) is 24.3 Å². The van der Waals surface area contributed by atoms with Crippen LogP contribution in [-0.4, -0.2) is 72.9 Å². The lowest BCUT2D eigenvalue weighted by Gasteiger charge is -2.35. The molecule has 31 heavy (non-hydrogen) atoms. The van der Waals surface area contributed by atoms with Crippen LogP contribution in [0.25, 0.3) is 5.65 Å². The molecule has 0 aliphatic carbocycles. The van der Waals surface area contributed by atoms with Crippen molar-refractivity contribution >= 4 is 45.2 Å². The smallest absolute Gasteiger partial charge is 0.413 e. The maximum absolute atomic E-state index is 12.2. The Morgan fingerprint density at radius 1 is 1.23 bits per heavy atom. The number of carbonyl (C=O) groups excluding carboxylic acids is 1. The number of anilines is 2. The standard InChI is InChI=1S/C18H21BrN8O4/c1-10-16(19)17-21-13(25-6-4-24(5-7-25)12(3)28)8-15(27(17)22-10)26(18(29)30)9-14-20-11(2)23-31-14/h8H,4-7,9H2,1-3H3,(H,29,30). The minimum Gasteiger partial charge on any atom is -0.465 e. The molecule has 0 unspecified atom stereocenters. The number of rotatable bonds is 4. The number of piperazine rings is 1. The highest BCUT2D eigenvalue weighted by atomic mass is 79.9. The fraction of sp³-hybridized carbons (Fsp3) is 0.444. The molecular formula is C18H21BrN8O4. The molecule has 13 heteroatoms. The molecule has 1 fully saturated rings. The molecule has 3 aromatic heterocycles. The number of carboxylic acid groups (broad SMARTS) is 1. The molecule has 1 saturated heterocycles. The number of carbonyl (C=O) groups is 2. The van der Waals surface area contributed by atoms with Crippen molar-refractivity contribution in [2.45, 2.75) is 27.3 Å². The van der Waals surface area contributed by atoms with Gasteiger partial charge in [0.1, 0.15) is 18.2 Å². The lowest BCUT2D eigenvalue weighted by molar-refractivity contribution is -0.129. The third-order valence-electron chi connectivity index (χ3n) is 5.08. The van der Waals surface area contributed by atoms with Crippen molar-refractivity contribution in [3.05, 3.63) is 27.9 Å². The van der Waals surface area contributed by atoms with Crippen LogP contribution in [0.15, 0.2) is 15.1 Å². The van der Waals surface area contributed by atoms with Gasteiger partial charge in [0.15, 0.2) is 11.5 Å². The molecule has 4 rings (SSSR count). The van der Waals surface area contributed by atoms with E-state index < -0.39 is 6.09 Å². The second-order valence-corrected chi connectivity index (χ2v) is 8.00. The molecule has 3 aromatic rings. The predicted octanol–water partition coefficient (Wildman–Crippen LogP) is 1.84. The molecule has 0 aromatic carbocycles. The van der Waals surface area contributed by atoms with E-state index in [0.29, 0.717) is 59.5 Å². The fourth-order valence-corrected chi connectivity index (χ4v) is 3.80. The van der Waals surface area contributed by atoms with Gasteiger partial charge in [0.25, 0.3) is 0 Å². The van der Waals surface area contributed by atoms with Crippen molar-refractivity contribution < 1.29 is 19.2 Å². The number of nitrogens with zero attached hydrogens (tertiary/aromatic N) is 8. The summed E-state index contributed by atoms with van der Waals surface area (Å²) in [5.41, 5.74) is 1.17. The summed E-state index contributed by atoms with van der Waals surface area (Å²) in [7, 11) is 0. The van der Waals surface area contributed by atoms with E-state index in [0.717, 1.165) is 4.90 Å². The minimum atomic E-state index is -1.19. The average molecular weight is 493 g/mol. The van der Waals surface area contributed by atoms with Crippen LogP contribution in [0.2, 0.25) is 0 Å². The van der Waals surface area contributed by atoms with Crippen LogP contribution < -0.4 is 9.80 Å². The Kier molecular flexibility index (Phi) is 5.52. The van der Waals surface area contributed by atoms with Crippen LogP contribution in [0.5, 0.6) is 0 Å². The first kappa shape index (κ1) is 21.0. The van der Waals surface area contributed by atoms with Gasteiger partial charge in [-0.15, -0.1) is 0 Å². The molecule has 1 aliphatic heterocycles. The maximum Gasteiger partial charge on any atom is 0.413 e. The summed E-state index contributed by atoms with van der Waals surface area (Å²) >= 11 is 3.50. The van der Waals surface area contributed by atoms with Gasteiger partial charge in [-0.3, -0.25) is 9.69 Å². The molecule has 1 aliphatic rings. The van der Waals surface area contributed by atoms with E-state index in [4.69, 9.17) is 9.51 Å². The van der Waals surface area contributed by atoms with Crippen LogP contribution >= 0.6 is 15.9 Å². The molecule has 0 atom stereocenters. The number of aromatic nitrogens is 5. The first-order chi connectivity index (χ1) is 14.7. The SMILES string of the molecule is CC(=O)N1CCN(c2cc(N(Cc3nc(C)no3)C(=O)O)n3nc(C)c(Br)c3n2)CC1. The zero-order valence-corrected chi connectivity index (χ0v) is 18.8. The van der Waals surface area contributed by atoms with Gasteiger partial charge in [0.2, 0.25) is 11.8 Å². The summed E-state index contributed by atoms with van der Waals surface area (Å²) in [5.74, 6) is 1.52. The summed E-state index contributed by atoms with van der Waals surface area (Å²) < 4.78 is 7.28. The molecule has 1 N–H and O–H groups in total. The molecule has 2 amide bonds. The van der Waals surface area contributed by atoms with E-state index >= 15 is 0 Å². The van der Waals surface area contributed by atoms with Crippen molar-refractivity contribution in [1.82, 2.24) is 29.6 Å². The first-order valence-corrected chi connectivity index (χ1v) is 10.4. The lowest BCUT2D eigenvalue weighted by atomic mass is 10.3. The molecule has 12 nitrogen and oxygen atoms in total. The first-order valence-electron chi connectivity index (χ1n) is 9.60. The fourth-order valence-electron chi connectivity index (χ4n) is 3.46. The normalized spacial score (nSPS) is 14.3. The van der Waals surface area contributed by atoms with Gasteiger partial charge in [0, 0.05) is 39.2 Å². The zero-order valence-electron chi connectivity index (χ0n) is 17.2. The van der Waals surface area contributed by atoms with Crippen molar-refractivity contribution in [3.63, 3.8) is 0 Å². The number of aryl methyl sites for hydroxylation is 2. The summed E-state index contributed by atoms with van der Waals surface area (Å²) in [6.07, 6.45) is -1.19. The number of hydrogen-bond donors (Lipinski definition) is 1. The zero-order chi connectivity index (χ0) is 22.3. The van der Waals surface area contributed by atoms with Gasteiger partial charge in [-0.2, -0.15) is 14.6 Å². The van der Waals surface area contributed by atoms with Crippen LogP contribution in [0.3, 0.4) is 0 Å². The summed E-state index contributed by atoms with van der Waals surface area (Å²) in [4.78, 5) is 37.5. The Balaban J connectivity index is 1.77. The largest absolute Gasteiger partial charge is 0.465 e. The van der Waals surface area contributed by atoms with E-state index in [1.54, 1.807) is 31.7 Å². The number of hydrogen-bond acceptors (Lipinski definition) is 8. The highest BCUT2D eigenvalue weighted by Crippen LogP contribution is 2.30. The highest BCUT2D eigenvalue weighted by Gasteiger charge is 2.27. The van der Waals surface area contributed by atoms with Gasteiger partial charge in [-0.1, -0.05) is 5.16 Å². The van der Waals surface area contributed by atoms with Crippen molar-refractivity contribution in [3.8, 4) is 0 Å². The summed E-state index contributed by atoms with van der Waals surface area (Å²) in [6, 6.07) is 1.67. The lowest BCUT2D eigenvalue weighted by Crippen LogP contribution is -2.48. The van der Waals surface area contributed by atoms with Gasteiger partial charge in [0.05, 0.1) is 10.2 Å². The van der Waals surface area contributed by atoms with E-state index in [1.165, 1.54) is 4.52 Å². The van der Waals surface area contributed by atoms with Gasteiger partial charge < -0.3 is 19.4 Å². The van der Waals surface area contributed by atoms with E-state index in [1.807, 2.05) is 4.90 Å². The molecular weight excluding hydrogens is 472 g/mol. The van der Waals surface area contributed by atoms with Crippen LogP contribution in [0.4, 0.5) is 16.4 Å². The number of fused-ring (bicyclic) bond motifs is 1. The Labute approximate surface area is 185 Å². The summed E-state index contributed by atoms with van der Waals surface area (Å²) in [6.45, 7) is 7.20. The van der Waals surface area contributed by atoms with Crippen molar-refractivity contribution in [2.24, 2.45) is 0 Å². The Morgan fingerprint density at radius 3 is 2.52 bits per heavy atom. The molecule has 0 saturated carbocycles. The minimum absolute atomic E-state index is 0.0322. The van der Waals surface area contributed by atoms with Gasteiger partial charge in [-0.25, -0.2) is 9.78 Å². The maximum atomic E-state index is 12.2. The van der Waals surface area contributed by atoms with Gasteiger partial charge in [-0.05, 0) is 29.8 Å². The van der Waals surface area contributed by atoms with E-state index in [2.05, 4.69) is 31.2 Å². The number of halogens is 1. The average Bonchev–Trinajstić information content (AvgIpc) is 3.28. The molecule has 4 heterocycles. The van der Waals surface area contributed by atoms with Crippen LogP contribution in [-0.2, 0) is 11.3 Å². The third kappa shape index (κ3) is 4.04. The Morgan fingerprint density at radius 2 is 1.94 bits per heavy atom. The topological polar surface area (TPSA) is 133 Å². The van der Waals surface area contributed by atoms with E-state index in [9.17, 15) is 14.7 Å². The molecule has 0 bridgehead atoms. The van der Waals surface area contributed by atoms with Crippen molar-refractivity contribution in [1.29, 1.82) is 0 Å². The second-order valence-electron chi connectivity index (χ2n) is 7.20. The quantitative estimate of drug-likeness (QED) is 0.578. The molecule has 0 spiro atoms. The summed E-state index contributed by atoms with van der Waals surface area (Å²) in [5, 5.41) is 18.1. The third-order valence-corrected chi connectivity index (χ3v) is 6.01. The highest BCUT2D eigenvalue weighted by molar-refractivity contribution is 9.10. The van der Waals surface area contributed by atoms with Crippen LogP contribution in [0, 0.1) is 13.8 Å². The monoisotopic (exact) mass is 492 g/mol. The van der Waals surface area contributed by atoms with Gasteiger partial charge >= 0.3 is 6.09 Å². The number of amides is 2. The van der Waals surface area contributed by atoms with Crippen molar-refractivity contribution in [2.75, 3.05) is 36.0 Å². The Bertz CT molecular complexity index is 1150.